The Bertz CT molecular complexity index is 611. The van der Waals surface area contributed by atoms with Crippen LogP contribution >= 0.6 is 24.0 Å². The Labute approximate surface area is 153 Å². The standard InChI is InChI=1S/C17H22ClN3O2.ClH/c18-13-6-1-2-7-15(13)21-9-8-14(17(21)23)20-16(22)12-5-3-4-11(12)10-19;/h1-2,6-7,11-12,14H,3-5,8-10,19H2,(H,20,22);1H/t11-,12-,14?;/m1./s1. The van der Waals surface area contributed by atoms with Gasteiger partial charge in [-0.25, -0.2) is 0 Å². The Morgan fingerprint density at radius 1 is 1.29 bits per heavy atom. The third kappa shape index (κ3) is 3.68. The van der Waals surface area contributed by atoms with E-state index in [4.69, 9.17) is 17.3 Å². The van der Waals surface area contributed by atoms with Gasteiger partial charge in [-0.15, -0.1) is 12.4 Å². The van der Waals surface area contributed by atoms with Gasteiger partial charge in [0.05, 0.1) is 10.7 Å². The van der Waals surface area contributed by atoms with Crippen LogP contribution in [0.4, 0.5) is 5.69 Å². The highest BCUT2D eigenvalue weighted by Gasteiger charge is 2.38. The summed E-state index contributed by atoms with van der Waals surface area (Å²) >= 11 is 6.17. The number of hydrogen-bond acceptors (Lipinski definition) is 3. The van der Waals surface area contributed by atoms with Gasteiger partial charge in [0, 0.05) is 12.5 Å². The first-order valence-corrected chi connectivity index (χ1v) is 8.56. The molecule has 3 rings (SSSR count). The summed E-state index contributed by atoms with van der Waals surface area (Å²) in [4.78, 5) is 26.7. The second-order valence-corrected chi connectivity index (χ2v) is 6.73. The van der Waals surface area contributed by atoms with E-state index in [0.717, 1.165) is 19.3 Å². The van der Waals surface area contributed by atoms with Crippen LogP contribution in [0.1, 0.15) is 25.7 Å². The molecule has 1 aromatic carbocycles. The average Bonchev–Trinajstić information content (AvgIpc) is 3.16. The number of nitrogens with one attached hydrogen (secondary N) is 1. The first kappa shape index (κ1) is 19.0. The van der Waals surface area contributed by atoms with E-state index in [1.165, 1.54) is 0 Å². The molecule has 3 atom stereocenters. The first-order valence-electron chi connectivity index (χ1n) is 8.18. The van der Waals surface area contributed by atoms with Crippen molar-refractivity contribution in [2.75, 3.05) is 18.0 Å². The smallest absolute Gasteiger partial charge is 0.249 e. The molecule has 0 spiro atoms. The van der Waals surface area contributed by atoms with Gasteiger partial charge < -0.3 is 16.0 Å². The number of carbonyl (C=O) groups excluding carboxylic acids is 2. The normalized spacial score (nSPS) is 26.3. The highest BCUT2D eigenvalue weighted by molar-refractivity contribution is 6.34. The van der Waals surface area contributed by atoms with Crippen LogP contribution in [0.15, 0.2) is 24.3 Å². The molecular formula is C17H23Cl2N3O2. The molecule has 0 radical (unpaired) electrons. The van der Waals surface area contributed by atoms with Gasteiger partial charge in [-0.3, -0.25) is 9.59 Å². The van der Waals surface area contributed by atoms with E-state index in [0.29, 0.717) is 30.2 Å². The van der Waals surface area contributed by atoms with E-state index >= 15 is 0 Å². The molecule has 5 nitrogen and oxygen atoms in total. The van der Waals surface area contributed by atoms with Crippen LogP contribution in [-0.2, 0) is 9.59 Å². The fourth-order valence-electron chi connectivity index (χ4n) is 3.67. The van der Waals surface area contributed by atoms with Crippen molar-refractivity contribution in [3.63, 3.8) is 0 Å². The van der Waals surface area contributed by atoms with E-state index in [-0.39, 0.29) is 36.1 Å². The molecule has 24 heavy (non-hydrogen) atoms. The number of carbonyl (C=O) groups is 2. The summed E-state index contributed by atoms with van der Waals surface area (Å²) in [7, 11) is 0. The molecule has 1 aliphatic carbocycles. The second kappa shape index (κ2) is 8.19. The quantitative estimate of drug-likeness (QED) is 0.852. The van der Waals surface area contributed by atoms with E-state index in [1.807, 2.05) is 18.2 Å². The van der Waals surface area contributed by atoms with Crippen molar-refractivity contribution in [2.24, 2.45) is 17.6 Å². The first-order chi connectivity index (χ1) is 11.1. The maximum absolute atomic E-state index is 12.6. The SMILES string of the molecule is Cl.NC[C@H]1CCC[C@H]1C(=O)NC1CCN(c2ccccc2Cl)C1=O. The Hall–Kier alpha value is -1.30. The summed E-state index contributed by atoms with van der Waals surface area (Å²) in [5, 5.41) is 3.47. The number of rotatable bonds is 4. The minimum Gasteiger partial charge on any atom is -0.344 e. The third-order valence-corrected chi connectivity index (χ3v) is 5.28. The molecule has 1 saturated carbocycles. The lowest BCUT2D eigenvalue weighted by molar-refractivity contribution is -0.129. The molecule has 3 N–H and O–H groups in total. The van der Waals surface area contributed by atoms with Crippen LogP contribution in [0.25, 0.3) is 0 Å². The molecule has 2 amide bonds. The summed E-state index contributed by atoms with van der Waals surface area (Å²) in [6, 6.07) is 6.81. The number of nitrogens with zero attached hydrogens (tertiary/aromatic N) is 1. The maximum Gasteiger partial charge on any atom is 0.249 e. The number of benzene rings is 1. The minimum atomic E-state index is -0.460. The van der Waals surface area contributed by atoms with Crippen molar-refractivity contribution < 1.29 is 9.59 Å². The molecule has 1 aromatic rings. The lowest BCUT2D eigenvalue weighted by Crippen LogP contribution is -2.45. The number of amides is 2. The summed E-state index contributed by atoms with van der Waals surface area (Å²) in [5.74, 6) is 0.0689. The van der Waals surface area contributed by atoms with Gasteiger partial charge in [-0.1, -0.05) is 30.2 Å². The summed E-state index contributed by atoms with van der Waals surface area (Å²) in [6.45, 7) is 1.10. The Kier molecular flexibility index (Phi) is 6.49. The number of para-hydroxylation sites is 1. The van der Waals surface area contributed by atoms with Crippen molar-refractivity contribution in [3.8, 4) is 0 Å². The van der Waals surface area contributed by atoms with Gasteiger partial charge in [0.1, 0.15) is 6.04 Å². The highest BCUT2D eigenvalue weighted by atomic mass is 35.5. The van der Waals surface area contributed by atoms with Crippen LogP contribution in [0.2, 0.25) is 5.02 Å². The molecule has 1 heterocycles. The number of halogens is 2. The van der Waals surface area contributed by atoms with Gasteiger partial charge in [0.25, 0.3) is 0 Å². The molecule has 1 unspecified atom stereocenters. The zero-order valence-corrected chi connectivity index (χ0v) is 15.0. The van der Waals surface area contributed by atoms with E-state index < -0.39 is 6.04 Å². The largest absolute Gasteiger partial charge is 0.344 e. The van der Waals surface area contributed by atoms with Crippen molar-refractivity contribution in [1.29, 1.82) is 0 Å². The lowest BCUT2D eigenvalue weighted by atomic mass is 9.95. The van der Waals surface area contributed by atoms with Gasteiger partial charge in [-0.2, -0.15) is 0 Å². The summed E-state index contributed by atoms with van der Waals surface area (Å²) in [6.07, 6.45) is 3.50. The predicted molar refractivity (Wildman–Crippen MR) is 97.5 cm³/mol. The van der Waals surface area contributed by atoms with Crippen molar-refractivity contribution in [2.45, 2.75) is 31.7 Å². The molecule has 1 aliphatic heterocycles. The van der Waals surface area contributed by atoms with Gasteiger partial charge in [-0.05, 0) is 43.9 Å². The van der Waals surface area contributed by atoms with Crippen LogP contribution in [0.3, 0.4) is 0 Å². The maximum atomic E-state index is 12.6. The minimum absolute atomic E-state index is 0. The highest BCUT2D eigenvalue weighted by Crippen LogP contribution is 2.32. The fourth-order valence-corrected chi connectivity index (χ4v) is 3.90. The van der Waals surface area contributed by atoms with Gasteiger partial charge in [0.15, 0.2) is 0 Å². The van der Waals surface area contributed by atoms with Crippen LogP contribution in [-0.4, -0.2) is 30.9 Å². The van der Waals surface area contributed by atoms with E-state index in [1.54, 1.807) is 11.0 Å². The summed E-state index contributed by atoms with van der Waals surface area (Å²) in [5.41, 5.74) is 6.45. The molecule has 2 aliphatic rings. The molecule has 1 saturated heterocycles. The Balaban J connectivity index is 0.00000208. The zero-order valence-electron chi connectivity index (χ0n) is 13.4. The van der Waals surface area contributed by atoms with Gasteiger partial charge in [0.2, 0.25) is 11.8 Å². The van der Waals surface area contributed by atoms with Crippen molar-refractivity contribution in [3.05, 3.63) is 29.3 Å². The number of hydrogen-bond donors (Lipinski definition) is 2. The van der Waals surface area contributed by atoms with Crippen LogP contribution in [0.5, 0.6) is 0 Å². The van der Waals surface area contributed by atoms with Crippen molar-refractivity contribution >= 4 is 41.5 Å². The van der Waals surface area contributed by atoms with Gasteiger partial charge >= 0.3 is 0 Å². The molecule has 2 fully saturated rings. The van der Waals surface area contributed by atoms with Crippen LogP contribution < -0.4 is 16.0 Å². The van der Waals surface area contributed by atoms with Crippen molar-refractivity contribution in [1.82, 2.24) is 5.32 Å². The number of anilines is 1. The molecule has 0 bridgehead atoms. The topological polar surface area (TPSA) is 75.4 Å². The molecule has 0 aromatic heterocycles. The van der Waals surface area contributed by atoms with E-state index in [9.17, 15) is 9.59 Å². The zero-order chi connectivity index (χ0) is 16.4. The Morgan fingerprint density at radius 3 is 2.75 bits per heavy atom. The molecular weight excluding hydrogens is 349 g/mol. The lowest BCUT2D eigenvalue weighted by Gasteiger charge is -2.21. The Morgan fingerprint density at radius 2 is 2.04 bits per heavy atom. The number of nitrogens with two attached hydrogens (primary N) is 1. The average molecular weight is 372 g/mol. The second-order valence-electron chi connectivity index (χ2n) is 6.32. The third-order valence-electron chi connectivity index (χ3n) is 4.96. The fraction of sp³-hybridized carbons (Fsp3) is 0.529. The molecule has 132 valence electrons. The van der Waals surface area contributed by atoms with E-state index in [2.05, 4.69) is 5.32 Å². The molecule has 7 heteroatoms. The van der Waals surface area contributed by atoms with Crippen LogP contribution in [0, 0.1) is 11.8 Å². The predicted octanol–water partition coefficient (Wildman–Crippen LogP) is 2.36. The summed E-state index contributed by atoms with van der Waals surface area (Å²) < 4.78 is 0. The monoisotopic (exact) mass is 371 g/mol.